The number of halogens is 3. The monoisotopic (exact) mass is 368 g/mol. The number of carbonyl (C=O) groups excluding carboxylic acids is 1. The van der Waals surface area contributed by atoms with Crippen molar-refractivity contribution in [2.75, 3.05) is 6.61 Å². The van der Waals surface area contributed by atoms with Crippen molar-refractivity contribution < 1.29 is 45.2 Å². The van der Waals surface area contributed by atoms with E-state index in [-0.39, 0.29) is 17.7 Å². The molecule has 0 amide bonds. The zero-order valence-corrected chi connectivity index (χ0v) is 12.7. The van der Waals surface area contributed by atoms with Crippen molar-refractivity contribution >= 4 is 21.9 Å². The summed E-state index contributed by atoms with van der Waals surface area (Å²) in [5, 5.41) is 8.63. The summed E-state index contributed by atoms with van der Waals surface area (Å²) in [6, 6.07) is 1.71. The molecule has 1 aliphatic rings. The average molecular weight is 368 g/mol. The Bertz CT molecular complexity index is 783. The van der Waals surface area contributed by atoms with Crippen LogP contribution in [0.2, 0.25) is 0 Å². The minimum atomic E-state index is -5.93. The Kier molecular flexibility index (Phi) is 4.74. The standard InChI is InChI=1S/C13H11F3O7S/c14-13(15,16)24(20,21)23-7-4-9-8(2-1-3-10(9)17)11(5-7)22-6-12(18)19/h4-5H,1-3,6H2,(H,18,19). The third-order valence-electron chi connectivity index (χ3n) is 3.15. The number of hydrogen-bond acceptors (Lipinski definition) is 6. The number of Topliss-reactive ketones (excluding diaryl/α,β-unsaturated/α-hetero) is 1. The van der Waals surface area contributed by atoms with Gasteiger partial charge in [-0.25, -0.2) is 4.79 Å². The Balaban J connectivity index is 2.46. The molecule has 0 bridgehead atoms. The molecule has 0 saturated carbocycles. The van der Waals surface area contributed by atoms with Crippen molar-refractivity contribution in [1.82, 2.24) is 0 Å². The molecule has 0 aromatic heterocycles. The Morgan fingerprint density at radius 1 is 1.25 bits per heavy atom. The van der Waals surface area contributed by atoms with Gasteiger partial charge in [0.05, 0.1) is 0 Å². The number of fused-ring (bicyclic) bond motifs is 1. The molecule has 7 nitrogen and oxygen atoms in total. The van der Waals surface area contributed by atoms with E-state index in [0.29, 0.717) is 18.4 Å². The summed E-state index contributed by atoms with van der Waals surface area (Å²) in [7, 11) is -5.93. The lowest BCUT2D eigenvalue weighted by Gasteiger charge is -2.20. The van der Waals surface area contributed by atoms with Crippen LogP contribution in [-0.2, 0) is 21.3 Å². The van der Waals surface area contributed by atoms with Gasteiger partial charge in [0.1, 0.15) is 11.5 Å². The van der Waals surface area contributed by atoms with Gasteiger partial charge in [0.25, 0.3) is 0 Å². The number of carboxylic acid groups (broad SMARTS) is 1. The molecule has 0 atom stereocenters. The second kappa shape index (κ2) is 6.30. The number of ketones is 1. The first-order valence-corrected chi connectivity index (χ1v) is 7.97. The molecule has 0 fully saturated rings. The fourth-order valence-electron chi connectivity index (χ4n) is 2.18. The average Bonchev–Trinajstić information content (AvgIpc) is 2.44. The quantitative estimate of drug-likeness (QED) is 0.625. The molecule has 0 saturated heterocycles. The van der Waals surface area contributed by atoms with Gasteiger partial charge < -0.3 is 14.0 Å². The number of ether oxygens (including phenoxy) is 1. The van der Waals surface area contributed by atoms with E-state index in [1.54, 1.807) is 0 Å². The SMILES string of the molecule is O=C(O)COc1cc(OS(=O)(=O)C(F)(F)F)cc2c1CCCC2=O. The van der Waals surface area contributed by atoms with Crippen LogP contribution in [0.1, 0.15) is 28.8 Å². The lowest BCUT2D eigenvalue weighted by Crippen LogP contribution is -2.28. The first kappa shape index (κ1) is 18.0. The summed E-state index contributed by atoms with van der Waals surface area (Å²) in [6.07, 6.45) is 0.916. The number of aliphatic carboxylic acids is 1. The van der Waals surface area contributed by atoms with Crippen LogP contribution in [0.15, 0.2) is 12.1 Å². The molecule has 1 N–H and O–H groups in total. The van der Waals surface area contributed by atoms with Gasteiger partial charge in [-0.15, -0.1) is 0 Å². The van der Waals surface area contributed by atoms with Crippen LogP contribution >= 0.6 is 0 Å². The van der Waals surface area contributed by atoms with Crippen molar-refractivity contribution in [2.24, 2.45) is 0 Å². The zero-order chi connectivity index (χ0) is 18.1. The maximum Gasteiger partial charge on any atom is 0.534 e. The third kappa shape index (κ3) is 3.78. The van der Waals surface area contributed by atoms with Crippen molar-refractivity contribution in [1.29, 1.82) is 0 Å². The van der Waals surface area contributed by atoms with Crippen LogP contribution in [0.5, 0.6) is 11.5 Å². The van der Waals surface area contributed by atoms with Gasteiger partial charge in [-0.3, -0.25) is 4.79 Å². The van der Waals surface area contributed by atoms with Crippen molar-refractivity contribution in [3.05, 3.63) is 23.3 Å². The fourth-order valence-corrected chi connectivity index (χ4v) is 2.62. The predicted molar refractivity (Wildman–Crippen MR) is 72.4 cm³/mol. The summed E-state index contributed by atoms with van der Waals surface area (Å²) >= 11 is 0. The molecule has 132 valence electrons. The Hall–Kier alpha value is -2.30. The van der Waals surface area contributed by atoms with Gasteiger partial charge >= 0.3 is 21.6 Å². The summed E-state index contributed by atoms with van der Waals surface area (Å²) in [6.45, 7) is -0.809. The number of rotatable bonds is 5. The van der Waals surface area contributed by atoms with Crippen LogP contribution in [0.4, 0.5) is 13.2 Å². The summed E-state index contributed by atoms with van der Waals surface area (Å²) in [5.74, 6) is -2.75. The maximum atomic E-state index is 12.4. The van der Waals surface area contributed by atoms with Gasteiger partial charge in [0.15, 0.2) is 12.4 Å². The number of carbonyl (C=O) groups is 2. The summed E-state index contributed by atoms with van der Waals surface area (Å²) in [5.41, 5.74) is -5.38. The van der Waals surface area contributed by atoms with Gasteiger partial charge in [-0.1, -0.05) is 0 Å². The predicted octanol–water partition coefficient (Wildman–Crippen LogP) is 1.90. The van der Waals surface area contributed by atoms with Gasteiger partial charge in [0, 0.05) is 23.6 Å². The normalized spacial score (nSPS) is 14.9. The molecule has 0 radical (unpaired) electrons. The lowest BCUT2D eigenvalue weighted by molar-refractivity contribution is -0.139. The molecular formula is C13H11F3O7S. The topological polar surface area (TPSA) is 107 Å². The Morgan fingerprint density at radius 2 is 1.92 bits per heavy atom. The van der Waals surface area contributed by atoms with Crippen molar-refractivity contribution in [3.63, 3.8) is 0 Å². The van der Waals surface area contributed by atoms with Gasteiger partial charge in [0.2, 0.25) is 0 Å². The van der Waals surface area contributed by atoms with Crippen LogP contribution in [-0.4, -0.2) is 37.4 Å². The van der Waals surface area contributed by atoms with E-state index in [2.05, 4.69) is 4.18 Å². The second-order valence-corrected chi connectivity index (χ2v) is 6.43. The van der Waals surface area contributed by atoms with Crippen LogP contribution < -0.4 is 8.92 Å². The third-order valence-corrected chi connectivity index (χ3v) is 4.13. The highest BCUT2D eigenvalue weighted by molar-refractivity contribution is 7.88. The van der Waals surface area contributed by atoms with Crippen molar-refractivity contribution in [2.45, 2.75) is 24.8 Å². The number of carboxylic acids is 1. The van der Waals surface area contributed by atoms with E-state index < -0.39 is 39.7 Å². The van der Waals surface area contributed by atoms with E-state index in [4.69, 9.17) is 9.84 Å². The van der Waals surface area contributed by atoms with Crippen LogP contribution in [0, 0.1) is 0 Å². The lowest BCUT2D eigenvalue weighted by atomic mass is 9.90. The zero-order valence-electron chi connectivity index (χ0n) is 11.9. The highest BCUT2D eigenvalue weighted by Gasteiger charge is 2.48. The summed E-state index contributed by atoms with van der Waals surface area (Å²) in [4.78, 5) is 22.5. The van der Waals surface area contributed by atoms with Crippen LogP contribution in [0.25, 0.3) is 0 Å². The molecular weight excluding hydrogens is 357 g/mol. The molecule has 0 heterocycles. The molecule has 2 rings (SSSR count). The Morgan fingerprint density at radius 3 is 2.50 bits per heavy atom. The fraction of sp³-hybridized carbons (Fsp3) is 0.385. The number of alkyl halides is 3. The van der Waals surface area contributed by atoms with Crippen LogP contribution in [0.3, 0.4) is 0 Å². The van der Waals surface area contributed by atoms with Crippen molar-refractivity contribution in [3.8, 4) is 11.5 Å². The van der Waals surface area contributed by atoms with E-state index in [1.807, 2.05) is 0 Å². The first-order valence-electron chi connectivity index (χ1n) is 6.57. The highest BCUT2D eigenvalue weighted by atomic mass is 32.2. The smallest absolute Gasteiger partial charge is 0.481 e. The van der Waals surface area contributed by atoms with E-state index in [0.717, 1.165) is 12.1 Å². The van der Waals surface area contributed by atoms with Gasteiger partial charge in [-0.2, -0.15) is 21.6 Å². The largest absolute Gasteiger partial charge is 0.534 e. The Labute approximate surface area is 134 Å². The number of hydrogen-bond donors (Lipinski definition) is 1. The molecule has 0 aliphatic heterocycles. The summed E-state index contributed by atoms with van der Waals surface area (Å²) < 4.78 is 68.3. The highest BCUT2D eigenvalue weighted by Crippen LogP contribution is 2.36. The van der Waals surface area contributed by atoms with E-state index >= 15 is 0 Å². The van der Waals surface area contributed by atoms with Gasteiger partial charge in [-0.05, 0) is 18.9 Å². The van der Waals surface area contributed by atoms with E-state index in [1.165, 1.54) is 0 Å². The molecule has 1 aromatic carbocycles. The molecule has 1 aliphatic carbocycles. The first-order chi connectivity index (χ1) is 11.0. The maximum absolute atomic E-state index is 12.4. The molecule has 1 aromatic rings. The van der Waals surface area contributed by atoms with E-state index in [9.17, 15) is 31.2 Å². The molecule has 0 spiro atoms. The second-order valence-electron chi connectivity index (χ2n) is 4.89. The minimum Gasteiger partial charge on any atom is -0.481 e. The molecule has 0 unspecified atom stereocenters. The number of benzene rings is 1. The molecule has 24 heavy (non-hydrogen) atoms. The molecule has 11 heteroatoms. The minimum absolute atomic E-state index is 0.0449.